The highest BCUT2D eigenvalue weighted by molar-refractivity contribution is 5.78. The predicted octanol–water partition coefficient (Wildman–Crippen LogP) is 2.50. The first kappa shape index (κ1) is 11.5. The summed E-state index contributed by atoms with van der Waals surface area (Å²) in [6.45, 7) is 2.83. The van der Waals surface area contributed by atoms with Gasteiger partial charge in [0.15, 0.2) is 0 Å². The third kappa shape index (κ3) is 1.75. The van der Waals surface area contributed by atoms with Crippen molar-refractivity contribution in [3.05, 3.63) is 24.0 Å². The first-order valence-electron chi connectivity index (χ1n) is 6.21. The van der Waals surface area contributed by atoms with Crippen molar-refractivity contribution < 1.29 is 9.13 Å². The largest absolute Gasteiger partial charge is 0.376 e. The summed E-state index contributed by atoms with van der Waals surface area (Å²) in [6, 6.07) is 4.60. The Bertz CT molecular complexity index is 575. The molecule has 0 saturated carbocycles. The van der Waals surface area contributed by atoms with Gasteiger partial charge in [-0.05, 0) is 38.0 Å². The molecule has 2 aromatic rings. The molecule has 0 amide bonds. The number of nitrogen functional groups attached to an aromatic ring is 1. The van der Waals surface area contributed by atoms with Crippen LogP contribution in [0.15, 0.2) is 18.2 Å². The lowest BCUT2D eigenvalue weighted by atomic mass is 10.1. The maximum absolute atomic E-state index is 13.4. The molecule has 0 radical (unpaired) electrons. The van der Waals surface area contributed by atoms with Crippen molar-refractivity contribution in [1.29, 1.82) is 0 Å². The van der Waals surface area contributed by atoms with E-state index >= 15 is 0 Å². The zero-order valence-corrected chi connectivity index (χ0v) is 10.3. The number of hydrogen-bond acceptors (Lipinski definition) is 3. The monoisotopic (exact) mass is 249 g/mol. The van der Waals surface area contributed by atoms with E-state index in [1.54, 1.807) is 6.07 Å². The number of anilines is 1. The molecule has 2 atom stereocenters. The van der Waals surface area contributed by atoms with Crippen LogP contribution in [0.25, 0.3) is 11.0 Å². The second-order valence-corrected chi connectivity index (χ2v) is 4.77. The maximum atomic E-state index is 13.4. The number of aromatic nitrogens is 2. The van der Waals surface area contributed by atoms with Crippen molar-refractivity contribution in [1.82, 2.24) is 9.55 Å². The molecule has 1 aliphatic heterocycles. The third-order valence-corrected chi connectivity index (χ3v) is 3.59. The van der Waals surface area contributed by atoms with Crippen LogP contribution >= 0.6 is 0 Å². The Balaban J connectivity index is 2.09. The minimum Gasteiger partial charge on any atom is -0.376 e. The molecule has 1 fully saturated rings. The molecule has 18 heavy (non-hydrogen) atoms. The SMILES string of the molecule is CC(C1CCCO1)n1c(N)nc2ccc(F)cc21. The Labute approximate surface area is 105 Å². The summed E-state index contributed by atoms with van der Waals surface area (Å²) >= 11 is 0. The van der Waals surface area contributed by atoms with Gasteiger partial charge in [-0.1, -0.05) is 0 Å². The van der Waals surface area contributed by atoms with Crippen molar-refractivity contribution in [2.45, 2.75) is 31.9 Å². The number of ether oxygens (including phenoxy) is 1. The number of imidazole rings is 1. The summed E-state index contributed by atoms with van der Waals surface area (Å²) in [5.74, 6) is 0.141. The Morgan fingerprint density at radius 2 is 2.39 bits per heavy atom. The highest BCUT2D eigenvalue weighted by Crippen LogP contribution is 2.30. The summed E-state index contributed by atoms with van der Waals surface area (Å²) in [5.41, 5.74) is 7.40. The number of rotatable bonds is 2. The van der Waals surface area contributed by atoms with Crippen LogP contribution in [-0.4, -0.2) is 22.3 Å². The summed E-state index contributed by atoms with van der Waals surface area (Å²) in [6.07, 6.45) is 2.21. The van der Waals surface area contributed by atoms with Gasteiger partial charge in [0, 0.05) is 6.61 Å². The summed E-state index contributed by atoms with van der Waals surface area (Å²) in [7, 11) is 0. The van der Waals surface area contributed by atoms with Gasteiger partial charge in [-0.15, -0.1) is 0 Å². The molecule has 1 aromatic carbocycles. The lowest BCUT2D eigenvalue weighted by Gasteiger charge is -2.21. The van der Waals surface area contributed by atoms with E-state index in [2.05, 4.69) is 4.98 Å². The number of nitrogens with zero attached hydrogens (tertiary/aromatic N) is 2. The topological polar surface area (TPSA) is 53.1 Å². The van der Waals surface area contributed by atoms with E-state index in [1.165, 1.54) is 12.1 Å². The minimum absolute atomic E-state index is 0.0688. The Hall–Kier alpha value is -1.62. The van der Waals surface area contributed by atoms with E-state index in [0.29, 0.717) is 5.95 Å². The van der Waals surface area contributed by atoms with Crippen molar-refractivity contribution >= 4 is 17.0 Å². The molecule has 0 bridgehead atoms. The molecule has 2 heterocycles. The zero-order chi connectivity index (χ0) is 12.7. The molecule has 4 nitrogen and oxygen atoms in total. The molecule has 5 heteroatoms. The van der Waals surface area contributed by atoms with Crippen LogP contribution in [0.3, 0.4) is 0 Å². The average Bonchev–Trinajstić information content (AvgIpc) is 2.94. The van der Waals surface area contributed by atoms with Crippen LogP contribution in [0.2, 0.25) is 0 Å². The number of fused-ring (bicyclic) bond motifs is 1. The minimum atomic E-state index is -0.275. The second kappa shape index (κ2) is 4.24. The van der Waals surface area contributed by atoms with Gasteiger partial charge in [-0.2, -0.15) is 0 Å². The van der Waals surface area contributed by atoms with Gasteiger partial charge in [0.05, 0.1) is 23.2 Å². The summed E-state index contributed by atoms with van der Waals surface area (Å²) in [5, 5.41) is 0. The Morgan fingerprint density at radius 1 is 1.56 bits per heavy atom. The number of benzene rings is 1. The normalized spacial score (nSPS) is 21.6. The third-order valence-electron chi connectivity index (χ3n) is 3.59. The molecular weight excluding hydrogens is 233 g/mol. The van der Waals surface area contributed by atoms with E-state index in [-0.39, 0.29) is 18.0 Å². The van der Waals surface area contributed by atoms with Gasteiger partial charge in [0.2, 0.25) is 5.95 Å². The van der Waals surface area contributed by atoms with E-state index in [0.717, 1.165) is 30.5 Å². The van der Waals surface area contributed by atoms with E-state index in [9.17, 15) is 4.39 Å². The van der Waals surface area contributed by atoms with Crippen LogP contribution in [0.5, 0.6) is 0 Å². The highest BCUT2D eigenvalue weighted by Gasteiger charge is 2.26. The molecule has 1 aromatic heterocycles. The van der Waals surface area contributed by atoms with Crippen molar-refractivity contribution in [3.8, 4) is 0 Å². The lowest BCUT2D eigenvalue weighted by Crippen LogP contribution is -2.22. The fourth-order valence-corrected chi connectivity index (χ4v) is 2.66. The molecule has 2 unspecified atom stereocenters. The van der Waals surface area contributed by atoms with Gasteiger partial charge in [-0.25, -0.2) is 9.37 Å². The smallest absolute Gasteiger partial charge is 0.201 e. The molecule has 96 valence electrons. The van der Waals surface area contributed by atoms with Gasteiger partial charge in [0.1, 0.15) is 5.82 Å². The number of halogens is 1. The van der Waals surface area contributed by atoms with Gasteiger partial charge < -0.3 is 15.0 Å². The summed E-state index contributed by atoms with van der Waals surface area (Å²) < 4.78 is 20.9. The standard InChI is InChI=1S/C13H16FN3O/c1-8(12-3-2-6-18-12)17-11-7-9(14)4-5-10(11)16-13(17)15/h4-5,7-8,12H,2-3,6H2,1H3,(H2,15,16). The van der Waals surface area contributed by atoms with Gasteiger partial charge in [-0.3, -0.25) is 0 Å². The Kier molecular flexibility index (Phi) is 2.70. The predicted molar refractivity (Wildman–Crippen MR) is 67.8 cm³/mol. The molecule has 0 aliphatic carbocycles. The van der Waals surface area contributed by atoms with Gasteiger partial charge >= 0.3 is 0 Å². The van der Waals surface area contributed by atoms with Crippen molar-refractivity contribution in [2.75, 3.05) is 12.3 Å². The second-order valence-electron chi connectivity index (χ2n) is 4.77. The van der Waals surface area contributed by atoms with Crippen LogP contribution in [0.4, 0.5) is 10.3 Å². The van der Waals surface area contributed by atoms with Crippen LogP contribution in [-0.2, 0) is 4.74 Å². The van der Waals surface area contributed by atoms with Crippen LogP contribution < -0.4 is 5.73 Å². The number of nitrogens with two attached hydrogens (primary N) is 1. The van der Waals surface area contributed by atoms with E-state index in [1.807, 2.05) is 11.5 Å². The quantitative estimate of drug-likeness (QED) is 0.889. The lowest BCUT2D eigenvalue weighted by molar-refractivity contribution is 0.0751. The summed E-state index contributed by atoms with van der Waals surface area (Å²) in [4.78, 5) is 4.27. The maximum Gasteiger partial charge on any atom is 0.201 e. The van der Waals surface area contributed by atoms with Crippen LogP contribution in [0, 0.1) is 5.82 Å². The Morgan fingerprint density at radius 3 is 3.11 bits per heavy atom. The van der Waals surface area contributed by atoms with Crippen LogP contribution in [0.1, 0.15) is 25.8 Å². The molecular formula is C13H16FN3O. The van der Waals surface area contributed by atoms with Gasteiger partial charge in [0.25, 0.3) is 0 Å². The van der Waals surface area contributed by atoms with Crippen molar-refractivity contribution in [3.63, 3.8) is 0 Å². The fourth-order valence-electron chi connectivity index (χ4n) is 2.66. The fraction of sp³-hybridized carbons (Fsp3) is 0.462. The van der Waals surface area contributed by atoms with Crippen molar-refractivity contribution in [2.24, 2.45) is 0 Å². The zero-order valence-electron chi connectivity index (χ0n) is 10.3. The average molecular weight is 249 g/mol. The first-order chi connectivity index (χ1) is 8.66. The highest BCUT2D eigenvalue weighted by atomic mass is 19.1. The first-order valence-corrected chi connectivity index (χ1v) is 6.21. The molecule has 1 saturated heterocycles. The van der Waals surface area contributed by atoms with E-state index in [4.69, 9.17) is 10.5 Å². The molecule has 0 spiro atoms. The van der Waals surface area contributed by atoms with E-state index < -0.39 is 0 Å². The number of hydrogen-bond donors (Lipinski definition) is 1. The molecule has 2 N–H and O–H groups in total. The molecule has 1 aliphatic rings. The molecule has 3 rings (SSSR count).